The summed E-state index contributed by atoms with van der Waals surface area (Å²) in [4.78, 5) is 14.8. The second-order valence-electron chi connectivity index (χ2n) is 5.25. The Labute approximate surface area is 147 Å². The molecule has 2 aromatic rings. The number of hydrogen-bond acceptors (Lipinski definition) is 4. The first-order chi connectivity index (χ1) is 11.5. The van der Waals surface area contributed by atoms with E-state index in [0.717, 1.165) is 18.8 Å². The SMILES string of the molecule is CCN(CC)c1ccc(N)cc1NC(=O)c1cc(Cl)ccc1OC. The molecule has 0 unspecified atom stereocenters. The number of nitrogens with zero attached hydrogens (tertiary/aromatic N) is 1. The zero-order valence-corrected chi connectivity index (χ0v) is 14.9. The van der Waals surface area contributed by atoms with Crippen molar-refractivity contribution < 1.29 is 9.53 Å². The van der Waals surface area contributed by atoms with Crippen LogP contribution in [0.1, 0.15) is 24.2 Å². The number of benzene rings is 2. The lowest BCUT2D eigenvalue weighted by Crippen LogP contribution is -2.24. The summed E-state index contributed by atoms with van der Waals surface area (Å²) in [5.74, 6) is 0.165. The van der Waals surface area contributed by atoms with Crippen molar-refractivity contribution in [3.8, 4) is 5.75 Å². The second-order valence-corrected chi connectivity index (χ2v) is 5.68. The number of hydrogen-bond donors (Lipinski definition) is 2. The Hall–Kier alpha value is -2.40. The van der Waals surface area contributed by atoms with Crippen molar-refractivity contribution >= 4 is 34.6 Å². The first kappa shape index (κ1) is 17.9. The normalized spacial score (nSPS) is 10.3. The number of carbonyl (C=O) groups is 1. The molecular weight excluding hydrogens is 326 g/mol. The van der Waals surface area contributed by atoms with Crippen LogP contribution >= 0.6 is 11.6 Å². The van der Waals surface area contributed by atoms with Gasteiger partial charge >= 0.3 is 0 Å². The highest BCUT2D eigenvalue weighted by Crippen LogP contribution is 2.30. The molecule has 0 aromatic heterocycles. The van der Waals surface area contributed by atoms with Gasteiger partial charge in [0.1, 0.15) is 5.75 Å². The van der Waals surface area contributed by atoms with Crippen LogP contribution in [0.2, 0.25) is 5.02 Å². The van der Waals surface area contributed by atoms with Crippen LogP contribution in [-0.4, -0.2) is 26.1 Å². The van der Waals surface area contributed by atoms with Crippen molar-refractivity contribution in [2.24, 2.45) is 0 Å². The zero-order valence-electron chi connectivity index (χ0n) is 14.1. The Morgan fingerprint density at radius 2 is 1.92 bits per heavy atom. The Bertz CT molecular complexity index is 730. The highest BCUT2D eigenvalue weighted by molar-refractivity contribution is 6.31. The number of nitrogen functional groups attached to an aromatic ring is 1. The minimum atomic E-state index is -0.298. The van der Waals surface area contributed by atoms with E-state index in [-0.39, 0.29) is 5.91 Å². The number of anilines is 3. The molecule has 0 spiro atoms. The number of carbonyl (C=O) groups excluding carboxylic acids is 1. The third kappa shape index (κ3) is 3.92. The highest BCUT2D eigenvalue weighted by atomic mass is 35.5. The smallest absolute Gasteiger partial charge is 0.259 e. The van der Waals surface area contributed by atoms with Crippen molar-refractivity contribution in [1.29, 1.82) is 0 Å². The number of ether oxygens (including phenoxy) is 1. The summed E-state index contributed by atoms with van der Waals surface area (Å²) in [6.45, 7) is 5.77. The Kier molecular flexibility index (Phi) is 5.93. The molecule has 0 aliphatic heterocycles. The van der Waals surface area contributed by atoms with E-state index in [4.69, 9.17) is 22.1 Å². The fourth-order valence-electron chi connectivity index (χ4n) is 2.54. The largest absolute Gasteiger partial charge is 0.496 e. The van der Waals surface area contributed by atoms with E-state index in [0.29, 0.717) is 27.7 Å². The van der Waals surface area contributed by atoms with Crippen LogP contribution in [-0.2, 0) is 0 Å². The summed E-state index contributed by atoms with van der Waals surface area (Å²) in [7, 11) is 1.52. The Morgan fingerprint density at radius 3 is 2.54 bits per heavy atom. The number of nitrogens with two attached hydrogens (primary N) is 1. The van der Waals surface area contributed by atoms with Crippen LogP contribution in [0, 0.1) is 0 Å². The maximum atomic E-state index is 12.7. The van der Waals surface area contributed by atoms with Gasteiger partial charge in [0.2, 0.25) is 0 Å². The Morgan fingerprint density at radius 1 is 1.21 bits per heavy atom. The summed E-state index contributed by atoms with van der Waals surface area (Å²) < 4.78 is 5.25. The van der Waals surface area contributed by atoms with Gasteiger partial charge in [-0.3, -0.25) is 4.79 Å². The number of rotatable bonds is 6. The molecule has 0 aliphatic carbocycles. The van der Waals surface area contributed by atoms with E-state index in [1.165, 1.54) is 7.11 Å². The lowest BCUT2D eigenvalue weighted by Gasteiger charge is -2.24. The van der Waals surface area contributed by atoms with E-state index < -0.39 is 0 Å². The fraction of sp³-hybridized carbons (Fsp3) is 0.278. The molecule has 2 rings (SSSR count). The fourth-order valence-corrected chi connectivity index (χ4v) is 2.71. The summed E-state index contributed by atoms with van der Waals surface area (Å²) in [5, 5.41) is 3.39. The van der Waals surface area contributed by atoms with Crippen LogP contribution in [0.5, 0.6) is 5.75 Å². The van der Waals surface area contributed by atoms with Crippen molar-refractivity contribution in [3.05, 3.63) is 47.0 Å². The summed E-state index contributed by atoms with van der Waals surface area (Å²) in [6.07, 6.45) is 0. The number of halogens is 1. The first-order valence-corrected chi connectivity index (χ1v) is 8.17. The van der Waals surface area contributed by atoms with Gasteiger partial charge in [0, 0.05) is 23.8 Å². The van der Waals surface area contributed by atoms with Gasteiger partial charge in [0.25, 0.3) is 5.91 Å². The lowest BCUT2D eigenvalue weighted by molar-refractivity contribution is 0.102. The van der Waals surface area contributed by atoms with Gasteiger partial charge in [0.15, 0.2) is 0 Å². The van der Waals surface area contributed by atoms with Crippen LogP contribution in [0.15, 0.2) is 36.4 Å². The Balaban J connectivity index is 2.39. The van der Waals surface area contributed by atoms with Crippen LogP contribution in [0.3, 0.4) is 0 Å². The van der Waals surface area contributed by atoms with Gasteiger partial charge in [-0.2, -0.15) is 0 Å². The highest BCUT2D eigenvalue weighted by Gasteiger charge is 2.16. The van der Waals surface area contributed by atoms with Gasteiger partial charge in [-0.1, -0.05) is 11.6 Å². The second kappa shape index (κ2) is 7.93. The van der Waals surface area contributed by atoms with Crippen molar-refractivity contribution in [3.63, 3.8) is 0 Å². The molecule has 0 aliphatic rings. The molecule has 5 nitrogen and oxygen atoms in total. The van der Waals surface area contributed by atoms with E-state index in [2.05, 4.69) is 24.1 Å². The minimum Gasteiger partial charge on any atom is -0.496 e. The molecule has 0 bridgehead atoms. The first-order valence-electron chi connectivity index (χ1n) is 7.79. The van der Waals surface area contributed by atoms with Crippen molar-refractivity contribution in [2.75, 3.05) is 36.1 Å². The molecule has 0 radical (unpaired) electrons. The summed E-state index contributed by atoms with van der Waals surface area (Å²) in [5.41, 5.74) is 8.42. The van der Waals surface area contributed by atoms with E-state index >= 15 is 0 Å². The van der Waals surface area contributed by atoms with Gasteiger partial charge < -0.3 is 20.7 Å². The van der Waals surface area contributed by atoms with E-state index in [9.17, 15) is 4.79 Å². The number of methoxy groups -OCH3 is 1. The maximum Gasteiger partial charge on any atom is 0.259 e. The lowest BCUT2D eigenvalue weighted by atomic mass is 10.1. The van der Waals surface area contributed by atoms with Crippen LogP contribution in [0.4, 0.5) is 17.1 Å². The average molecular weight is 348 g/mol. The zero-order chi connectivity index (χ0) is 17.7. The molecule has 0 saturated carbocycles. The van der Waals surface area contributed by atoms with Crippen molar-refractivity contribution in [1.82, 2.24) is 0 Å². The molecule has 2 aromatic carbocycles. The van der Waals surface area contributed by atoms with Gasteiger partial charge in [-0.15, -0.1) is 0 Å². The third-order valence-corrected chi connectivity index (χ3v) is 4.01. The van der Waals surface area contributed by atoms with E-state index in [1.807, 2.05) is 12.1 Å². The molecular formula is C18H22ClN3O2. The molecule has 3 N–H and O–H groups in total. The molecule has 24 heavy (non-hydrogen) atoms. The van der Waals surface area contributed by atoms with Gasteiger partial charge in [0.05, 0.1) is 24.0 Å². The molecule has 0 atom stereocenters. The van der Waals surface area contributed by atoms with E-state index in [1.54, 1.807) is 24.3 Å². The van der Waals surface area contributed by atoms with Crippen LogP contribution < -0.4 is 20.7 Å². The number of nitrogens with one attached hydrogen (secondary N) is 1. The molecule has 1 amide bonds. The molecule has 0 saturated heterocycles. The van der Waals surface area contributed by atoms with Gasteiger partial charge in [-0.25, -0.2) is 0 Å². The molecule has 6 heteroatoms. The number of amides is 1. The van der Waals surface area contributed by atoms with Gasteiger partial charge in [-0.05, 0) is 50.2 Å². The molecule has 0 heterocycles. The predicted octanol–water partition coefficient (Wildman–Crippen LogP) is 4.03. The maximum absolute atomic E-state index is 12.7. The van der Waals surface area contributed by atoms with Crippen molar-refractivity contribution in [2.45, 2.75) is 13.8 Å². The minimum absolute atomic E-state index is 0.298. The third-order valence-electron chi connectivity index (χ3n) is 3.78. The predicted molar refractivity (Wildman–Crippen MR) is 100 cm³/mol. The molecule has 0 fully saturated rings. The average Bonchev–Trinajstić information content (AvgIpc) is 2.57. The summed E-state index contributed by atoms with van der Waals surface area (Å²) >= 11 is 6.01. The molecule has 128 valence electrons. The van der Waals surface area contributed by atoms with Crippen LogP contribution in [0.25, 0.3) is 0 Å². The standard InChI is InChI=1S/C18H22ClN3O2/c1-4-22(5-2)16-8-7-13(20)11-15(16)21-18(23)14-10-12(19)6-9-17(14)24-3/h6-11H,4-5,20H2,1-3H3,(H,21,23). The quantitative estimate of drug-likeness (QED) is 0.774. The topological polar surface area (TPSA) is 67.6 Å². The monoisotopic (exact) mass is 347 g/mol. The summed E-state index contributed by atoms with van der Waals surface area (Å²) in [6, 6.07) is 10.4.